The standard InChI is InChI=1S/C30H31FO6/c1-18(32)36-17-25(34)30(37-27(35)19-7-5-4-6-8-19)14-12-23-22-10-9-20-15-21(33)11-13-28(20,2)26(22)24(31)16-29(23,30)3/h4-8,11,13,15,23-24H,9-10,12,14,16-17H2,1-3H3/t23-,24?,28-,29-,30-/m0/s1. The molecule has 4 aliphatic carbocycles. The highest BCUT2D eigenvalue weighted by Gasteiger charge is 2.68. The molecule has 0 aliphatic heterocycles. The van der Waals surface area contributed by atoms with E-state index in [2.05, 4.69) is 0 Å². The van der Waals surface area contributed by atoms with E-state index in [0.29, 0.717) is 30.4 Å². The zero-order chi connectivity index (χ0) is 26.6. The minimum Gasteiger partial charge on any atom is -0.458 e. The smallest absolute Gasteiger partial charge is 0.339 e. The molecule has 1 unspecified atom stereocenters. The summed E-state index contributed by atoms with van der Waals surface area (Å²) in [5.41, 5.74) is -0.520. The first-order chi connectivity index (χ1) is 17.5. The minimum atomic E-state index is -1.64. The van der Waals surface area contributed by atoms with Gasteiger partial charge in [0.25, 0.3) is 0 Å². The molecule has 5 atom stereocenters. The van der Waals surface area contributed by atoms with Crippen molar-refractivity contribution in [2.75, 3.05) is 6.61 Å². The number of fused-ring (bicyclic) bond motifs is 4. The fourth-order valence-corrected chi connectivity index (χ4v) is 7.28. The maximum atomic E-state index is 16.4. The van der Waals surface area contributed by atoms with Gasteiger partial charge in [-0.1, -0.05) is 42.3 Å². The van der Waals surface area contributed by atoms with Crippen LogP contribution in [-0.4, -0.2) is 41.9 Å². The fraction of sp³-hybridized carbons (Fsp3) is 0.467. The highest BCUT2D eigenvalue weighted by Crippen LogP contribution is 2.66. The summed E-state index contributed by atoms with van der Waals surface area (Å²) in [6.45, 7) is 4.45. The number of esters is 2. The van der Waals surface area contributed by atoms with Gasteiger partial charge >= 0.3 is 11.9 Å². The molecule has 7 heteroatoms. The maximum absolute atomic E-state index is 16.4. The quantitative estimate of drug-likeness (QED) is 0.411. The lowest BCUT2D eigenvalue weighted by Gasteiger charge is -2.53. The average Bonchev–Trinajstić information content (AvgIpc) is 3.15. The van der Waals surface area contributed by atoms with E-state index in [1.165, 1.54) is 13.0 Å². The lowest BCUT2D eigenvalue weighted by molar-refractivity contribution is -0.164. The number of rotatable bonds is 5. The molecule has 6 nitrogen and oxygen atoms in total. The summed E-state index contributed by atoms with van der Waals surface area (Å²) in [6, 6.07) is 8.39. The summed E-state index contributed by atoms with van der Waals surface area (Å²) in [5, 5.41) is 0. The predicted octanol–water partition coefficient (Wildman–Crippen LogP) is 5.03. The largest absolute Gasteiger partial charge is 0.458 e. The van der Waals surface area contributed by atoms with E-state index in [1.807, 2.05) is 13.8 Å². The topological polar surface area (TPSA) is 86.7 Å². The van der Waals surface area contributed by atoms with Crippen LogP contribution in [0.25, 0.3) is 0 Å². The van der Waals surface area contributed by atoms with Crippen LogP contribution in [0.1, 0.15) is 63.2 Å². The number of alkyl halides is 1. The van der Waals surface area contributed by atoms with E-state index in [1.54, 1.807) is 42.5 Å². The molecule has 1 fully saturated rings. The fourth-order valence-electron chi connectivity index (χ4n) is 7.28. The van der Waals surface area contributed by atoms with Crippen LogP contribution in [0.5, 0.6) is 0 Å². The number of ketones is 2. The van der Waals surface area contributed by atoms with Gasteiger partial charge in [0.15, 0.2) is 18.0 Å². The predicted molar refractivity (Wildman–Crippen MR) is 133 cm³/mol. The van der Waals surface area contributed by atoms with Gasteiger partial charge in [-0.05, 0) is 74.8 Å². The molecule has 0 saturated heterocycles. The monoisotopic (exact) mass is 506 g/mol. The lowest BCUT2D eigenvalue weighted by Crippen LogP contribution is -2.58. The number of hydrogen-bond donors (Lipinski definition) is 0. The van der Waals surface area contributed by atoms with Crippen molar-refractivity contribution in [3.63, 3.8) is 0 Å². The number of carbonyl (C=O) groups is 4. The molecule has 1 aromatic carbocycles. The Hall–Kier alpha value is -3.35. The van der Waals surface area contributed by atoms with Crippen molar-refractivity contribution in [2.24, 2.45) is 16.7 Å². The van der Waals surface area contributed by atoms with E-state index >= 15 is 4.39 Å². The first kappa shape index (κ1) is 25.3. The third kappa shape index (κ3) is 3.82. The molecule has 194 valence electrons. The normalized spacial score (nSPS) is 34.2. The molecule has 4 aliphatic rings. The first-order valence-electron chi connectivity index (χ1n) is 12.8. The Balaban J connectivity index is 1.59. The zero-order valence-electron chi connectivity index (χ0n) is 21.3. The number of allylic oxidation sites excluding steroid dienone is 6. The van der Waals surface area contributed by atoms with Crippen LogP contribution in [0.2, 0.25) is 0 Å². The van der Waals surface area contributed by atoms with Crippen molar-refractivity contribution in [2.45, 2.75) is 64.6 Å². The van der Waals surface area contributed by atoms with Crippen LogP contribution in [0.15, 0.2) is 65.3 Å². The Bertz CT molecular complexity index is 1280. The van der Waals surface area contributed by atoms with Crippen molar-refractivity contribution >= 4 is 23.5 Å². The molecule has 0 aromatic heterocycles. The molecule has 5 rings (SSSR count). The number of benzene rings is 1. The average molecular weight is 507 g/mol. The molecule has 37 heavy (non-hydrogen) atoms. The second kappa shape index (κ2) is 8.89. The minimum absolute atomic E-state index is 0.0188. The molecule has 0 amide bonds. The van der Waals surface area contributed by atoms with Crippen molar-refractivity contribution < 1.29 is 33.0 Å². The van der Waals surface area contributed by atoms with Gasteiger partial charge in [0, 0.05) is 17.8 Å². The van der Waals surface area contributed by atoms with Crippen molar-refractivity contribution in [1.29, 1.82) is 0 Å². The van der Waals surface area contributed by atoms with E-state index in [4.69, 9.17) is 9.47 Å². The van der Waals surface area contributed by atoms with Gasteiger partial charge in [0.05, 0.1) is 5.56 Å². The Morgan fingerprint density at radius 3 is 2.54 bits per heavy atom. The summed E-state index contributed by atoms with van der Waals surface area (Å²) < 4.78 is 27.5. The Labute approximate surface area is 215 Å². The van der Waals surface area contributed by atoms with Gasteiger partial charge in [-0.25, -0.2) is 9.18 Å². The maximum Gasteiger partial charge on any atom is 0.339 e. The van der Waals surface area contributed by atoms with Crippen LogP contribution < -0.4 is 0 Å². The van der Waals surface area contributed by atoms with E-state index in [9.17, 15) is 19.2 Å². The van der Waals surface area contributed by atoms with Gasteiger partial charge < -0.3 is 9.47 Å². The van der Waals surface area contributed by atoms with Crippen LogP contribution >= 0.6 is 0 Å². The summed E-state index contributed by atoms with van der Waals surface area (Å²) >= 11 is 0. The van der Waals surface area contributed by atoms with Crippen molar-refractivity contribution in [3.8, 4) is 0 Å². The molecule has 1 aromatic rings. The lowest BCUT2D eigenvalue weighted by atomic mass is 9.53. The number of hydrogen-bond acceptors (Lipinski definition) is 6. The van der Waals surface area contributed by atoms with E-state index in [-0.39, 0.29) is 24.5 Å². The van der Waals surface area contributed by atoms with Crippen LogP contribution in [0.3, 0.4) is 0 Å². The highest BCUT2D eigenvalue weighted by molar-refractivity contribution is 6.01. The summed E-state index contributed by atoms with van der Waals surface area (Å²) in [7, 11) is 0. The molecule has 0 N–H and O–H groups in total. The Morgan fingerprint density at radius 1 is 1.11 bits per heavy atom. The number of ether oxygens (including phenoxy) is 2. The second-order valence-electron chi connectivity index (χ2n) is 11.0. The number of carbonyl (C=O) groups excluding carboxylic acids is 4. The molecule has 0 heterocycles. The summed E-state index contributed by atoms with van der Waals surface area (Å²) in [4.78, 5) is 50.6. The molecule has 0 bridgehead atoms. The Morgan fingerprint density at radius 2 is 1.84 bits per heavy atom. The van der Waals surface area contributed by atoms with E-state index < -0.39 is 46.9 Å². The molecule has 0 radical (unpaired) electrons. The zero-order valence-corrected chi connectivity index (χ0v) is 21.3. The third-order valence-corrected chi connectivity index (χ3v) is 9.08. The molecule has 0 spiro atoms. The van der Waals surface area contributed by atoms with Crippen LogP contribution in [-0.2, 0) is 23.9 Å². The molecular formula is C30H31FO6. The highest BCUT2D eigenvalue weighted by atomic mass is 19.1. The van der Waals surface area contributed by atoms with E-state index in [0.717, 1.165) is 11.1 Å². The summed E-state index contributed by atoms with van der Waals surface area (Å²) in [6.07, 6.45) is 5.47. The number of Topliss-reactive ketones (excluding diaryl/α,β-unsaturated/α-hetero) is 1. The Kier molecular flexibility index (Phi) is 6.08. The molecule has 1 saturated carbocycles. The van der Waals surface area contributed by atoms with Crippen LogP contribution in [0, 0.1) is 16.7 Å². The van der Waals surface area contributed by atoms with Gasteiger partial charge in [-0.3, -0.25) is 14.4 Å². The van der Waals surface area contributed by atoms with Crippen molar-refractivity contribution in [3.05, 3.63) is 70.8 Å². The second-order valence-corrected chi connectivity index (χ2v) is 11.0. The SMILES string of the molecule is CC(=O)OCC(=O)[C@@]1(OC(=O)c2ccccc2)CC[C@H]2C3=C(C(F)C[C@@]21C)[C@@]1(C)C=CC(=O)C=C1CC3. The summed E-state index contributed by atoms with van der Waals surface area (Å²) in [5.74, 6) is -2.09. The third-order valence-electron chi connectivity index (χ3n) is 9.08. The number of halogens is 1. The van der Waals surface area contributed by atoms with Crippen LogP contribution in [0.4, 0.5) is 4.39 Å². The first-order valence-corrected chi connectivity index (χ1v) is 12.8. The van der Waals surface area contributed by atoms with Gasteiger partial charge in [0.1, 0.15) is 6.17 Å². The van der Waals surface area contributed by atoms with Gasteiger partial charge in [-0.2, -0.15) is 0 Å². The van der Waals surface area contributed by atoms with Crippen molar-refractivity contribution in [1.82, 2.24) is 0 Å². The van der Waals surface area contributed by atoms with Gasteiger partial charge in [0.2, 0.25) is 5.78 Å². The molecular weight excluding hydrogens is 475 g/mol. The van der Waals surface area contributed by atoms with Gasteiger partial charge in [-0.15, -0.1) is 0 Å².